The predicted octanol–water partition coefficient (Wildman–Crippen LogP) is 1.58. The van der Waals surface area contributed by atoms with E-state index in [0.717, 1.165) is 31.0 Å². The number of hydrogen-bond acceptors (Lipinski definition) is 4. The lowest BCUT2D eigenvalue weighted by atomic mass is 10.3. The van der Waals surface area contributed by atoms with E-state index in [4.69, 9.17) is 4.74 Å². The Morgan fingerprint density at radius 3 is 2.89 bits per heavy atom. The molecule has 0 radical (unpaired) electrons. The number of nitrogens with one attached hydrogen (secondary N) is 1. The summed E-state index contributed by atoms with van der Waals surface area (Å²) in [6.07, 6.45) is 2.59. The molecule has 0 aliphatic carbocycles. The van der Waals surface area contributed by atoms with E-state index in [0.29, 0.717) is 6.61 Å². The van der Waals surface area contributed by atoms with Crippen LogP contribution in [0.25, 0.3) is 0 Å². The van der Waals surface area contributed by atoms with Gasteiger partial charge in [0.1, 0.15) is 12.2 Å². The Morgan fingerprint density at radius 2 is 2.11 bits per heavy atom. The molecule has 0 bridgehead atoms. The molecule has 0 amide bonds. The highest BCUT2D eigenvalue weighted by Gasteiger charge is 2.03. The summed E-state index contributed by atoms with van der Waals surface area (Å²) >= 11 is 0. The second-order valence-electron chi connectivity index (χ2n) is 3.98. The van der Waals surface area contributed by atoms with Crippen LogP contribution in [0.5, 0.6) is 0 Å². The maximum absolute atomic E-state index is 5.05. The third-order valence-electron chi connectivity index (χ3n) is 2.68. The van der Waals surface area contributed by atoms with Gasteiger partial charge in [-0.05, 0) is 12.1 Å². The van der Waals surface area contributed by atoms with Crippen molar-refractivity contribution in [2.45, 2.75) is 13.0 Å². The number of benzene rings is 1. The summed E-state index contributed by atoms with van der Waals surface area (Å²) in [6.45, 7) is 2.32. The molecule has 5 heteroatoms. The van der Waals surface area contributed by atoms with Crippen LogP contribution < -0.4 is 5.32 Å². The molecule has 0 saturated carbocycles. The number of anilines is 1. The van der Waals surface area contributed by atoms with Gasteiger partial charge in [-0.15, -0.1) is 10.2 Å². The van der Waals surface area contributed by atoms with E-state index in [1.54, 1.807) is 13.4 Å². The molecule has 1 heterocycles. The fraction of sp³-hybridized carbons (Fsp3) is 0.385. The fourth-order valence-corrected chi connectivity index (χ4v) is 1.72. The van der Waals surface area contributed by atoms with Crippen molar-refractivity contribution < 1.29 is 4.74 Å². The molecule has 1 aromatic carbocycles. The van der Waals surface area contributed by atoms with Crippen LogP contribution in [0.4, 0.5) is 5.69 Å². The average Bonchev–Trinajstić information content (AvgIpc) is 2.85. The molecule has 0 aliphatic rings. The van der Waals surface area contributed by atoms with Crippen molar-refractivity contribution in [1.82, 2.24) is 14.8 Å². The topological polar surface area (TPSA) is 52.0 Å². The zero-order chi connectivity index (χ0) is 12.6. The highest BCUT2D eigenvalue weighted by Crippen LogP contribution is 2.05. The summed E-state index contributed by atoms with van der Waals surface area (Å²) in [5, 5.41) is 11.4. The van der Waals surface area contributed by atoms with Crippen LogP contribution in [-0.2, 0) is 17.7 Å². The average molecular weight is 246 g/mol. The molecular formula is C13H18N4O. The van der Waals surface area contributed by atoms with Crippen molar-refractivity contribution in [1.29, 1.82) is 0 Å². The molecule has 18 heavy (non-hydrogen) atoms. The second-order valence-corrected chi connectivity index (χ2v) is 3.98. The Hall–Kier alpha value is -1.88. The Balaban J connectivity index is 1.81. The van der Waals surface area contributed by atoms with Gasteiger partial charge in [0.25, 0.3) is 0 Å². The van der Waals surface area contributed by atoms with E-state index in [1.165, 1.54) is 0 Å². The van der Waals surface area contributed by atoms with E-state index in [-0.39, 0.29) is 0 Å². The van der Waals surface area contributed by atoms with E-state index >= 15 is 0 Å². The molecule has 1 N–H and O–H groups in total. The van der Waals surface area contributed by atoms with Crippen LogP contribution >= 0.6 is 0 Å². The van der Waals surface area contributed by atoms with Crippen LogP contribution in [0.2, 0.25) is 0 Å². The van der Waals surface area contributed by atoms with E-state index in [2.05, 4.69) is 27.6 Å². The molecule has 5 nitrogen and oxygen atoms in total. The van der Waals surface area contributed by atoms with Crippen molar-refractivity contribution in [2.24, 2.45) is 0 Å². The molecule has 96 valence electrons. The molecule has 1 aromatic heterocycles. The third kappa shape index (κ3) is 3.56. The summed E-state index contributed by atoms with van der Waals surface area (Å²) < 4.78 is 7.08. The van der Waals surface area contributed by atoms with Crippen LogP contribution in [0.1, 0.15) is 5.82 Å². The normalized spacial score (nSPS) is 10.5. The lowest BCUT2D eigenvalue weighted by Gasteiger charge is -2.07. The minimum absolute atomic E-state index is 0.678. The van der Waals surface area contributed by atoms with Gasteiger partial charge >= 0.3 is 0 Å². The number of hydrogen-bond donors (Lipinski definition) is 1. The van der Waals surface area contributed by atoms with Gasteiger partial charge in [0.05, 0.1) is 6.61 Å². The number of nitrogens with zero attached hydrogens (tertiary/aromatic N) is 3. The van der Waals surface area contributed by atoms with Crippen molar-refractivity contribution >= 4 is 5.69 Å². The Labute approximate surface area is 107 Å². The SMILES string of the molecule is COCCn1cnnc1CCNc1ccccc1. The van der Waals surface area contributed by atoms with Crippen molar-refractivity contribution in [3.8, 4) is 0 Å². The van der Waals surface area contributed by atoms with E-state index in [1.807, 2.05) is 22.8 Å². The van der Waals surface area contributed by atoms with Gasteiger partial charge in [-0.2, -0.15) is 0 Å². The van der Waals surface area contributed by atoms with E-state index < -0.39 is 0 Å². The molecule has 0 atom stereocenters. The molecular weight excluding hydrogens is 228 g/mol. The largest absolute Gasteiger partial charge is 0.385 e. The van der Waals surface area contributed by atoms with Crippen LogP contribution in [0.3, 0.4) is 0 Å². The first-order valence-corrected chi connectivity index (χ1v) is 6.04. The highest BCUT2D eigenvalue weighted by atomic mass is 16.5. The van der Waals surface area contributed by atoms with Gasteiger partial charge in [0.15, 0.2) is 0 Å². The minimum Gasteiger partial charge on any atom is -0.385 e. The van der Waals surface area contributed by atoms with Gasteiger partial charge in [-0.1, -0.05) is 18.2 Å². The maximum Gasteiger partial charge on any atom is 0.134 e. The van der Waals surface area contributed by atoms with Crippen molar-refractivity contribution in [3.05, 3.63) is 42.5 Å². The van der Waals surface area contributed by atoms with Crippen LogP contribution in [-0.4, -0.2) is 35.0 Å². The Morgan fingerprint density at radius 1 is 1.28 bits per heavy atom. The smallest absolute Gasteiger partial charge is 0.134 e. The molecule has 0 unspecified atom stereocenters. The molecule has 0 saturated heterocycles. The maximum atomic E-state index is 5.05. The minimum atomic E-state index is 0.678. The van der Waals surface area contributed by atoms with Gasteiger partial charge in [-0.3, -0.25) is 0 Å². The number of para-hydroxylation sites is 1. The van der Waals surface area contributed by atoms with Crippen molar-refractivity contribution in [3.63, 3.8) is 0 Å². The molecule has 2 rings (SSSR count). The monoisotopic (exact) mass is 246 g/mol. The number of aromatic nitrogens is 3. The van der Waals surface area contributed by atoms with Gasteiger partial charge in [0.2, 0.25) is 0 Å². The lowest BCUT2D eigenvalue weighted by Crippen LogP contribution is -2.12. The number of ether oxygens (including phenoxy) is 1. The van der Waals surface area contributed by atoms with Gasteiger partial charge in [0, 0.05) is 32.3 Å². The predicted molar refractivity (Wildman–Crippen MR) is 70.5 cm³/mol. The summed E-state index contributed by atoms with van der Waals surface area (Å²) in [4.78, 5) is 0. The van der Waals surface area contributed by atoms with Crippen LogP contribution in [0, 0.1) is 0 Å². The number of methoxy groups -OCH3 is 1. The zero-order valence-electron chi connectivity index (χ0n) is 10.5. The zero-order valence-corrected chi connectivity index (χ0v) is 10.5. The Bertz CT molecular complexity index is 455. The first-order valence-electron chi connectivity index (χ1n) is 6.04. The molecule has 0 aliphatic heterocycles. The van der Waals surface area contributed by atoms with Gasteiger partial charge in [-0.25, -0.2) is 0 Å². The van der Waals surface area contributed by atoms with Crippen LogP contribution in [0.15, 0.2) is 36.7 Å². The quantitative estimate of drug-likeness (QED) is 0.806. The first-order chi connectivity index (χ1) is 8.90. The molecule has 0 spiro atoms. The lowest BCUT2D eigenvalue weighted by molar-refractivity contribution is 0.186. The summed E-state index contributed by atoms with van der Waals surface area (Å²) in [6, 6.07) is 10.1. The summed E-state index contributed by atoms with van der Waals surface area (Å²) in [5.74, 6) is 0.982. The second kappa shape index (κ2) is 6.76. The Kier molecular flexibility index (Phi) is 4.72. The van der Waals surface area contributed by atoms with Gasteiger partial charge < -0.3 is 14.6 Å². The first kappa shape index (κ1) is 12.6. The summed E-state index contributed by atoms with van der Waals surface area (Å²) in [5.41, 5.74) is 1.13. The third-order valence-corrected chi connectivity index (χ3v) is 2.68. The molecule has 2 aromatic rings. The van der Waals surface area contributed by atoms with E-state index in [9.17, 15) is 0 Å². The number of rotatable bonds is 7. The molecule has 0 fully saturated rings. The fourth-order valence-electron chi connectivity index (χ4n) is 1.72. The standard InChI is InChI=1S/C13H18N4O/c1-18-10-9-17-11-15-16-13(17)7-8-14-12-5-3-2-4-6-12/h2-6,11,14H,7-10H2,1H3. The summed E-state index contributed by atoms with van der Waals surface area (Å²) in [7, 11) is 1.70. The van der Waals surface area contributed by atoms with Crippen molar-refractivity contribution in [2.75, 3.05) is 25.6 Å². The highest BCUT2D eigenvalue weighted by molar-refractivity contribution is 5.42.